The van der Waals surface area contributed by atoms with Crippen molar-refractivity contribution < 1.29 is 17.7 Å². The predicted molar refractivity (Wildman–Crippen MR) is 120 cm³/mol. The number of fused-ring (bicyclic) bond motifs is 2. The molecule has 5 atom stereocenters. The highest BCUT2D eigenvalue weighted by Crippen LogP contribution is 2.39. The standard InChI is InChI=1S/C22H27N5O4S/c1-13-9-14-5-3-4-6-16(14)20(13)25-21-17-7-8-27(22(17)24-12-23-21)15-10-18(19(28)11-15)26-32(29,30)31-2/h3-8,12-13,15,18-20,26,28H,9-11H2,1-2H3,(H,23,24,25)/t13-,15-,18+,19+,20-/m0/s1. The largest absolute Gasteiger partial charge is 0.391 e. The number of aromatic nitrogens is 3. The van der Waals surface area contributed by atoms with Gasteiger partial charge in [-0.3, -0.25) is 4.18 Å². The van der Waals surface area contributed by atoms with E-state index < -0.39 is 22.4 Å². The van der Waals surface area contributed by atoms with Gasteiger partial charge in [-0.2, -0.15) is 13.1 Å². The van der Waals surface area contributed by atoms with Crippen LogP contribution < -0.4 is 10.0 Å². The topological polar surface area (TPSA) is 118 Å². The molecule has 3 aromatic rings. The molecule has 9 nitrogen and oxygen atoms in total. The van der Waals surface area contributed by atoms with Gasteiger partial charge >= 0.3 is 10.3 Å². The minimum atomic E-state index is -3.88. The van der Waals surface area contributed by atoms with Gasteiger partial charge in [0.1, 0.15) is 17.8 Å². The Bertz CT molecular complexity index is 1240. The summed E-state index contributed by atoms with van der Waals surface area (Å²) >= 11 is 0. The van der Waals surface area contributed by atoms with Crippen molar-refractivity contribution in [2.75, 3.05) is 12.4 Å². The van der Waals surface area contributed by atoms with E-state index in [-0.39, 0.29) is 12.1 Å². The molecule has 1 saturated carbocycles. The second-order valence-corrected chi connectivity index (χ2v) is 10.2. The Balaban J connectivity index is 1.41. The lowest BCUT2D eigenvalue weighted by molar-refractivity contribution is 0.154. The molecule has 0 aliphatic heterocycles. The van der Waals surface area contributed by atoms with E-state index in [9.17, 15) is 13.5 Å². The van der Waals surface area contributed by atoms with Crippen LogP contribution in [0.4, 0.5) is 5.82 Å². The average molecular weight is 458 g/mol. The first kappa shape index (κ1) is 21.3. The van der Waals surface area contributed by atoms with Crippen molar-refractivity contribution in [3.05, 3.63) is 54.0 Å². The lowest BCUT2D eigenvalue weighted by Crippen LogP contribution is -2.40. The zero-order valence-corrected chi connectivity index (χ0v) is 18.8. The number of rotatable bonds is 6. The summed E-state index contributed by atoms with van der Waals surface area (Å²) in [6.45, 7) is 2.24. The van der Waals surface area contributed by atoms with Gasteiger partial charge in [-0.15, -0.1) is 0 Å². The van der Waals surface area contributed by atoms with Crippen LogP contribution in [-0.4, -0.2) is 47.3 Å². The van der Waals surface area contributed by atoms with Crippen LogP contribution in [0, 0.1) is 5.92 Å². The van der Waals surface area contributed by atoms with Gasteiger partial charge in [-0.05, 0) is 42.4 Å². The number of hydrogen-bond acceptors (Lipinski definition) is 7. The monoisotopic (exact) mass is 457 g/mol. The Kier molecular flexibility index (Phi) is 5.40. The van der Waals surface area contributed by atoms with E-state index in [0.717, 1.165) is 30.4 Å². The van der Waals surface area contributed by atoms with Gasteiger partial charge in [0.25, 0.3) is 0 Å². The molecular weight excluding hydrogens is 430 g/mol. The zero-order valence-electron chi connectivity index (χ0n) is 18.0. The molecule has 2 aliphatic carbocycles. The Morgan fingerprint density at radius 1 is 1.19 bits per heavy atom. The van der Waals surface area contributed by atoms with Gasteiger partial charge in [0.2, 0.25) is 0 Å². The summed E-state index contributed by atoms with van der Waals surface area (Å²) in [5.41, 5.74) is 3.43. The highest BCUT2D eigenvalue weighted by Gasteiger charge is 2.37. The molecule has 10 heteroatoms. The maximum atomic E-state index is 11.7. The van der Waals surface area contributed by atoms with Crippen molar-refractivity contribution in [2.24, 2.45) is 5.92 Å². The molecular formula is C22H27N5O4S. The molecule has 2 aromatic heterocycles. The highest BCUT2D eigenvalue weighted by molar-refractivity contribution is 7.84. The summed E-state index contributed by atoms with van der Waals surface area (Å²) in [4.78, 5) is 9.01. The lowest BCUT2D eigenvalue weighted by atomic mass is 10.0. The molecule has 2 heterocycles. The average Bonchev–Trinajstić information content (AvgIpc) is 3.44. The fourth-order valence-electron chi connectivity index (χ4n) is 5.12. The molecule has 0 bridgehead atoms. The quantitative estimate of drug-likeness (QED) is 0.520. The molecule has 2 aliphatic rings. The van der Waals surface area contributed by atoms with Crippen molar-refractivity contribution in [1.82, 2.24) is 19.3 Å². The van der Waals surface area contributed by atoms with Gasteiger partial charge in [0.15, 0.2) is 0 Å². The first-order chi connectivity index (χ1) is 15.4. The molecule has 1 fully saturated rings. The SMILES string of the molecule is COS(=O)(=O)N[C@@H]1C[C@H](n2ccc3c(N[C@@H]4c5ccccc5C[C@@H]4C)ncnc32)C[C@H]1O. The second-order valence-electron chi connectivity index (χ2n) is 8.72. The third-order valence-electron chi connectivity index (χ3n) is 6.72. The first-order valence-electron chi connectivity index (χ1n) is 10.8. The van der Waals surface area contributed by atoms with Crippen LogP contribution in [0.5, 0.6) is 0 Å². The predicted octanol–water partition coefficient (Wildman–Crippen LogP) is 2.32. The van der Waals surface area contributed by atoms with Crippen molar-refractivity contribution in [3.63, 3.8) is 0 Å². The van der Waals surface area contributed by atoms with E-state index in [1.807, 2.05) is 16.8 Å². The summed E-state index contributed by atoms with van der Waals surface area (Å²) in [7, 11) is -2.78. The number of nitrogens with one attached hydrogen (secondary N) is 2. The Morgan fingerprint density at radius 2 is 2.00 bits per heavy atom. The van der Waals surface area contributed by atoms with E-state index in [1.54, 1.807) is 6.33 Å². The molecule has 170 valence electrons. The first-order valence-corrected chi connectivity index (χ1v) is 12.2. The van der Waals surface area contributed by atoms with Crippen LogP contribution in [0.15, 0.2) is 42.9 Å². The van der Waals surface area contributed by atoms with Crippen molar-refractivity contribution >= 4 is 27.2 Å². The van der Waals surface area contributed by atoms with E-state index in [4.69, 9.17) is 0 Å². The van der Waals surface area contributed by atoms with Gasteiger partial charge in [-0.25, -0.2) is 9.97 Å². The van der Waals surface area contributed by atoms with Crippen LogP contribution >= 0.6 is 0 Å². The highest BCUT2D eigenvalue weighted by atomic mass is 32.2. The number of anilines is 1. The fourth-order valence-corrected chi connectivity index (χ4v) is 5.84. The second kappa shape index (κ2) is 8.11. The molecule has 0 saturated heterocycles. The number of benzene rings is 1. The number of hydrogen-bond donors (Lipinski definition) is 3. The number of aliphatic hydroxyl groups is 1. The minimum absolute atomic E-state index is 0.0964. The Labute approximate surface area is 187 Å². The summed E-state index contributed by atoms with van der Waals surface area (Å²) < 4.78 is 32.4. The zero-order chi connectivity index (χ0) is 22.5. The molecule has 0 radical (unpaired) electrons. The minimum Gasteiger partial charge on any atom is -0.391 e. The lowest BCUT2D eigenvalue weighted by Gasteiger charge is -2.20. The Hall–Kier alpha value is -2.53. The van der Waals surface area contributed by atoms with E-state index in [2.05, 4.69) is 55.4 Å². The van der Waals surface area contributed by atoms with Gasteiger partial charge in [0, 0.05) is 12.2 Å². The number of nitrogens with zero attached hydrogens (tertiary/aromatic N) is 3. The van der Waals surface area contributed by atoms with Crippen LogP contribution in [0.25, 0.3) is 11.0 Å². The maximum absolute atomic E-state index is 11.7. The third kappa shape index (κ3) is 3.77. The van der Waals surface area contributed by atoms with Crippen LogP contribution in [0.1, 0.15) is 43.0 Å². The summed E-state index contributed by atoms with van der Waals surface area (Å²) in [6, 6.07) is 9.93. The van der Waals surface area contributed by atoms with Crippen LogP contribution in [-0.2, 0) is 20.9 Å². The van der Waals surface area contributed by atoms with Gasteiger partial charge in [0.05, 0.1) is 30.7 Å². The van der Waals surface area contributed by atoms with Gasteiger partial charge < -0.3 is 15.0 Å². The fraction of sp³-hybridized carbons (Fsp3) is 0.455. The molecule has 1 aromatic carbocycles. The molecule has 32 heavy (non-hydrogen) atoms. The normalized spacial score (nSPS) is 27.7. The summed E-state index contributed by atoms with van der Waals surface area (Å²) in [5, 5.41) is 14.9. The molecule has 3 N–H and O–H groups in total. The van der Waals surface area contributed by atoms with Crippen molar-refractivity contribution in [2.45, 2.75) is 50.4 Å². The van der Waals surface area contributed by atoms with Crippen molar-refractivity contribution in [1.29, 1.82) is 0 Å². The number of aliphatic hydroxyl groups excluding tert-OH is 1. The summed E-state index contributed by atoms with van der Waals surface area (Å²) in [6.07, 6.45) is 4.55. The summed E-state index contributed by atoms with van der Waals surface area (Å²) in [5.74, 6) is 1.22. The van der Waals surface area contributed by atoms with Crippen LogP contribution in [0.2, 0.25) is 0 Å². The van der Waals surface area contributed by atoms with Gasteiger partial charge in [-0.1, -0.05) is 31.2 Å². The molecule has 5 rings (SSSR count). The molecule has 0 amide bonds. The van der Waals surface area contributed by atoms with E-state index in [1.165, 1.54) is 11.1 Å². The maximum Gasteiger partial charge on any atom is 0.335 e. The van der Waals surface area contributed by atoms with E-state index in [0.29, 0.717) is 18.8 Å². The molecule has 0 spiro atoms. The van der Waals surface area contributed by atoms with Crippen molar-refractivity contribution in [3.8, 4) is 0 Å². The smallest absolute Gasteiger partial charge is 0.335 e. The Morgan fingerprint density at radius 3 is 2.81 bits per heavy atom. The van der Waals surface area contributed by atoms with E-state index >= 15 is 0 Å². The van der Waals surface area contributed by atoms with Crippen LogP contribution in [0.3, 0.4) is 0 Å². The third-order valence-corrected chi connectivity index (χ3v) is 7.75. The molecule has 0 unspecified atom stereocenters.